The molecule has 0 spiro atoms. The first-order valence-corrected chi connectivity index (χ1v) is 25.5. The van der Waals surface area contributed by atoms with Gasteiger partial charge in [-0.15, -0.1) is 0 Å². The standard InChI is InChI=1S/C36H57FN6O4Si2/c1-25(41-10-12-45-13-11-41)35(44)40(3)30-20-31-29(19-28(30)37)38-34(42(31)23-46-14-16-48(4,5)6)33-27-18-26-21-36(26,2)22-32(27)43(39-33)24-47-15-17-49(7,8)9/h19-20,25-26H,10-18,21-24H2,1-9H3/t25?,26-,36-/m1/s1. The van der Waals surface area contributed by atoms with E-state index < -0.39 is 28.0 Å². The van der Waals surface area contributed by atoms with Crippen LogP contribution in [0.15, 0.2) is 12.1 Å². The number of fused-ring (bicyclic) bond motifs is 3. The number of hydrogen-bond acceptors (Lipinski definition) is 7. The summed E-state index contributed by atoms with van der Waals surface area (Å²) >= 11 is 0. The van der Waals surface area contributed by atoms with E-state index in [2.05, 4.69) is 55.8 Å². The Morgan fingerprint density at radius 1 is 1.08 bits per heavy atom. The summed E-state index contributed by atoms with van der Waals surface area (Å²) in [5.74, 6) is 0.668. The minimum absolute atomic E-state index is 0.160. The lowest BCUT2D eigenvalue weighted by Crippen LogP contribution is -2.50. The van der Waals surface area contributed by atoms with Crippen molar-refractivity contribution in [2.24, 2.45) is 11.3 Å². The van der Waals surface area contributed by atoms with E-state index >= 15 is 4.39 Å². The molecule has 1 aliphatic heterocycles. The van der Waals surface area contributed by atoms with Crippen LogP contribution < -0.4 is 4.90 Å². The van der Waals surface area contributed by atoms with Gasteiger partial charge in [0, 0.05) is 66.8 Å². The van der Waals surface area contributed by atoms with Crippen LogP contribution in [-0.4, -0.2) is 98.9 Å². The van der Waals surface area contributed by atoms with Crippen LogP contribution in [0.2, 0.25) is 51.4 Å². The molecule has 3 atom stereocenters. The van der Waals surface area contributed by atoms with E-state index in [9.17, 15) is 4.79 Å². The summed E-state index contributed by atoms with van der Waals surface area (Å²) < 4.78 is 38.0. The zero-order valence-electron chi connectivity index (χ0n) is 31.2. The first-order chi connectivity index (χ1) is 23.0. The van der Waals surface area contributed by atoms with Gasteiger partial charge in [0.25, 0.3) is 0 Å². The Morgan fingerprint density at radius 2 is 1.73 bits per heavy atom. The molecule has 1 aromatic carbocycles. The molecule has 10 nitrogen and oxygen atoms in total. The number of benzene rings is 1. The van der Waals surface area contributed by atoms with Crippen LogP contribution in [0, 0.1) is 17.2 Å². The Labute approximate surface area is 293 Å². The molecule has 1 saturated carbocycles. The molecule has 13 heteroatoms. The van der Waals surface area contributed by atoms with Gasteiger partial charge in [0.15, 0.2) is 5.82 Å². The number of carbonyl (C=O) groups excluding carboxylic acids is 1. The average molecular weight is 713 g/mol. The second-order valence-electron chi connectivity index (χ2n) is 17.3. The molecule has 3 aliphatic rings. The number of imidazole rings is 1. The van der Waals surface area contributed by atoms with Crippen molar-refractivity contribution in [1.82, 2.24) is 24.2 Å². The number of ether oxygens (including phenoxy) is 3. The van der Waals surface area contributed by atoms with Crippen LogP contribution in [0.5, 0.6) is 0 Å². The third-order valence-corrected chi connectivity index (χ3v) is 14.2. The summed E-state index contributed by atoms with van der Waals surface area (Å²) in [5.41, 5.74) is 5.06. The molecule has 2 aliphatic carbocycles. The fourth-order valence-corrected chi connectivity index (χ4v) is 8.70. The highest BCUT2D eigenvalue weighted by atomic mass is 28.3. The quantitative estimate of drug-likeness (QED) is 0.140. The molecule has 1 saturated heterocycles. The molecule has 49 heavy (non-hydrogen) atoms. The number of anilines is 1. The highest BCUT2D eigenvalue weighted by Crippen LogP contribution is 2.60. The number of halogens is 1. The van der Waals surface area contributed by atoms with Crippen LogP contribution >= 0.6 is 0 Å². The number of morpholine rings is 1. The number of rotatable bonds is 14. The molecule has 0 radical (unpaired) electrons. The third-order valence-electron chi connectivity index (χ3n) is 10.8. The van der Waals surface area contributed by atoms with Gasteiger partial charge in [-0.1, -0.05) is 46.2 Å². The van der Waals surface area contributed by atoms with E-state index in [0.29, 0.717) is 62.3 Å². The van der Waals surface area contributed by atoms with Crippen LogP contribution in [0.4, 0.5) is 10.1 Å². The lowest BCUT2D eigenvalue weighted by atomic mass is 9.87. The fraction of sp³-hybridized carbons (Fsp3) is 0.694. The van der Waals surface area contributed by atoms with Gasteiger partial charge in [-0.25, -0.2) is 14.1 Å². The van der Waals surface area contributed by atoms with Crippen molar-refractivity contribution in [3.63, 3.8) is 0 Å². The molecule has 1 unspecified atom stereocenters. The number of likely N-dealkylation sites (N-methyl/N-ethyl adjacent to an activating group) is 1. The molecule has 1 amide bonds. The molecule has 0 bridgehead atoms. The van der Waals surface area contributed by atoms with Gasteiger partial charge in [-0.3, -0.25) is 14.3 Å². The predicted octanol–water partition coefficient (Wildman–Crippen LogP) is 6.47. The first kappa shape index (κ1) is 36.4. The number of aromatic nitrogens is 4. The van der Waals surface area contributed by atoms with Crippen molar-refractivity contribution in [2.45, 2.75) is 104 Å². The molecule has 6 rings (SSSR count). The maximum Gasteiger partial charge on any atom is 0.243 e. The SMILES string of the molecule is CC(C(=O)N(C)c1cc2c(cc1F)nc(-c1nn(COCC[Si](C)(C)C)c3c1C[C@@H]1C[C@]1(C)C3)n2COCC[Si](C)(C)C)N1CCOCC1. The highest BCUT2D eigenvalue weighted by molar-refractivity contribution is 6.76. The molecule has 2 fully saturated rings. The maximum absolute atomic E-state index is 15.9. The number of carbonyl (C=O) groups is 1. The van der Waals surface area contributed by atoms with E-state index in [0.717, 1.165) is 42.7 Å². The molecule has 2 aromatic heterocycles. The lowest BCUT2D eigenvalue weighted by Gasteiger charge is -2.33. The van der Waals surface area contributed by atoms with Crippen LogP contribution in [0.3, 0.4) is 0 Å². The van der Waals surface area contributed by atoms with E-state index in [1.165, 1.54) is 28.6 Å². The first-order valence-electron chi connectivity index (χ1n) is 18.1. The Bertz CT molecular complexity index is 1670. The van der Waals surface area contributed by atoms with Gasteiger partial charge in [-0.2, -0.15) is 5.10 Å². The van der Waals surface area contributed by atoms with Crippen molar-refractivity contribution >= 4 is 38.8 Å². The number of amides is 1. The minimum atomic E-state index is -1.32. The fourth-order valence-electron chi connectivity index (χ4n) is 7.19. The zero-order valence-corrected chi connectivity index (χ0v) is 33.2. The molecule has 270 valence electrons. The molecule has 3 heterocycles. The summed E-state index contributed by atoms with van der Waals surface area (Å²) in [6.07, 6.45) is 3.13. The Morgan fingerprint density at radius 3 is 2.39 bits per heavy atom. The Hall–Kier alpha value is -2.43. The molecular weight excluding hydrogens is 656 g/mol. The number of nitrogens with zero attached hydrogens (tertiary/aromatic N) is 6. The van der Waals surface area contributed by atoms with E-state index in [1.54, 1.807) is 13.1 Å². The summed E-state index contributed by atoms with van der Waals surface area (Å²) in [6.45, 7) is 22.9. The van der Waals surface area contributed by atoms with E-state index in [-0.39, 0.29) is 18.3 Å². The van der Waals surface area contributed by atoms with Crippen LogP contribution in [0.25, 0.3) is 22.6 Å². The third kappa shape index (κ3) is 8.07. The second-order valence-corrected chi connectivity index (χ2v) is 28.5. The van der Waals surface area contributed by atoms with Crippen molar-refractivity contribution in [2.75, 3.05) is 51.5 Å². The minimum Gasteiger partial charge on any atom is -0.379 e. The Kier molecular flexibility index (Phi) is 10.4. The van der Waals surface area contributed by atoms with Gasteiger partial charge in [-0.05, 0) is 55.7 Å². The number of hydrogen-bond donors (Lipinski definition) is 0. The van der Waals surface area contributed by atoms with Gasteiger partial charge in [0.05, 0.1) is 36.0 Å². The molecule has 0 N–H and O–H groups in total. The van der Waals surface area contributed by atoms with E-state index in [1.807, 2.05) is 11.5 Å². The summed E-state index contributed by atoms with van der Waals surface area (Å²) in [5, 5.41) is 5.19. The van der Waals surface area contributed by atoms with Crippen LogP contribution in [0.1, 0.15) is 31.5 Å². The van der Waals surface area contributed by atoms with Crippen molar-refractivity contribution in [1.29, 1.82) is 0 Å². The normalized spacial score (nSPS) is 21.9. The highest BCUT2D eigenvalue weighted by Gasteiger charge is 2.54. The van der Waals surface area contributed by atoms with Gasteiger partial charge in [0.2, 0.25) is 5.91 Å². The maximum atomic E-state index is 15.9. The summed E-state index contributed by atoms with van der Waals surface area (Å²) in [4.78, 5) is 22.2. The van der Waals surface area contributed by atoms with Crippen molar-refractivity contribution in [3.05, 3.63) is 29.2 Å². The van der Waals surface area contributed by atoms with Gasteiger partial charge < -0.3 is 19.1 Å². The second kappa shape index (κ2) is 13.9. The monoisotopic (exact) mass is 712 g/mol. The van der Waals surface area contributed by atoms with Gasteiger partial charge >= 0.3 is 0 Å². The van der Waals surface area contributed by atoms with Crippen molar-refractivity contribution in [3.8, 4) is 11.5 Å². The summed E-state index contributed by atoms with van der Waals surface area (Å²) in [7, 11) is -0.886. The predicted molar refractivity (Wildman–Crippen MR) is 198 cm³/mol. The van der Waals surface area contributed by atoms with E-state index in [4.69, 9.17) is 24.3 Å². The topological polar surface area (TPSA) is 86.9 Å². The van der Waals surface area contributed by atoms with Crippen LogP contribution in [-0.2, 0) is 45.3 Å². The molecule has 3 aromatic rings. The summed E-state index contributed by atoms with van der Waals surface area (Å²) in [6, 6.07) is 4.95. The largest absolute Gasteiger partial charge is 0.379 e. The Balaban J connectivity index is 1.37. The van der Waals surface area contributed by atoms with Gasteiger partial charge in [0.1, 0.15) is 25.0 Å². The zero-order chi connectivity index (χ0) is 35.3. The molecular formula is C36H57FN6O4Si2. The smallest absolute Gasteiger partial charge is 0.243 e. The average Bonchev–Trinajstić information content (AvgIpc) is 3.42. The van der Waals surface area contributed by atoms with Crippen molar-refractivity contribution < 1.29 is 23.4 Å². The lowest BCUT2D eigenvalue weighted by molar-refractivity contribution is -0.124.